The van der Waals surface area contributed by atoms with Gasteiger partial charge in [0, 0.05) is 21.8 Å². The van der Waals surface area contributed by atoms with Gasteiger partial charge in [-0.2, -0.15) is 0 Å². The van der Waals surface area contributed by atoms with Crippen molar-refractivity contribution in [3.63, 3.8) is 0 Å². The van der Waals surface area contributed by atoms with Crippen LogP contribution < -0.4 is 10.6 Å². The SMILES string of the molecule is CN(Cc1cc(Br)cs1)c1cccc(F)c1C(=N)N. The quantitative estimate of drug-likeness (QED) is 0.659. The van der Waals surface area contributed by atoms with Crippen LogP contribution in [0.3, 0.4) is 0 Å². The van der Waals surface area contributed by atoms with Crippen LogP contribution >= 0.6 is 27.3 Å². The molecular weight excluding hydrogens is 329 g/mol. The van der Waals surface area contributed by atoms with Gasteiger partial charge < -0.3 is 10.6 Å². The number of nitrogens with two attached hydrogens (primary N) is 1. The van der Waals surface area contributed by atoms with Crippen molar-refractivity contribution in [3.05, 3.63) is 50.4 Å². The van der Waals surface area contributed by atoms with E-state index >= 15 is 0 Å². The summed E-state index contributed by atoms with van der Waals surface area (Å²) in [6.45, 7) is 0.639. The summed E-state index contributed by atoms with van der Waals surface area (Å²) in [6.07, 6.45) is 0. The van der Waals surface area contributed by atoms with Gasteiger partial charge in [-0.15, -0.1) is 11.3 Å². The van der Waals surface area contributed by atoms with E-state index in [0.29, 0.717) is 12.2 Å². The molecule has 0 spiro atoms. The molecule has 100 valence electrons. The Morgan fingerprint density at radius 1 is 1.53 bits per heavy atom. The molecule has 1 aromatic carbocycles. The number of rotatable bonds is 4. The fraction of sp³-hybridized carbons (Fsp3) is 0.154. The second kappa shape index (κ2) is 5.71. The monoisotopic (exact) mass is 341 g/mol. The van der Waals surface area contributed by atoms with Crippen molar-refractivity contribution in [1.29, 1.82) is 5.41 Å². The molecule has 19 heavy (non-hydrogen) atoms. The maximum Gasteiger partial charge on any atom is 0.136 e. The van der Waals surface area contributed by atoms with E-state index in [1.807, 2.05) is 23.4 Å². The number of anilines is 1. The molecule has 0 saturated heterocycles. The lowest BCUT2D eigenvalue weighted by Gasteiger charge is -2.21. The van der Waals surface area contributed by atoms with Crippen molar-refractivity contribution in [2.45, 2.75) is 6.54 Å². The first-order valence-corrected chi connectivity index (χ1v) is 7.23. The van der Waals surface area contributed by atoms with Gasteiger partial charge in [0.2, 0.25) is 0 Å². The molecular formula is C13H13BrFN3S. The van der Waals surface area contributed by atoms with Gasteiger partial charge in [-0.3, -0.25) is 5.41 Å². The molecule has 0 aliphatic heterocycles. The summed E-state index contributed by atoms with van der Waals surface area (Å²) in [4.78, 5) is 3.03. The maximum atomic E-state index is 13.8. The lowest BCUT2D eigenvalue weighted by Crippen LogP contribution is -2.22. The minimum absolute atomic E-state index is 0.153. The van der Waals surface area contributed by atoms with Crippen molar-refractivity contribution < 1.29 is 4.39 Å². The number of nitrogen functional groups attached to an aromatic ring is 1. The minimum Gasteiger partial charge on any atom is -0.384 e. The molecule has 0 bridgehead atoms. The van der Waals surface area contributed by atoms with E-state index in [0.717, 1.165) is 9.35 Å². The summed E-state index contributed by atoms with van der Waals surface area (Å²) in [5.41, 5.74) is 6.24. The van der Waals surface area contributed by atoms with Gasteiger partial charge in [0.1, 0.15) is 11.7 Å². The summed E-state index contributed by atoms with van der Waals surface area (Å²) < 4.78 is 14.8. The van der Waals surface area contributed by atoms with Gasteiger partial charge in [-0.25, -0.2) is 4.39 Å². The van der Waals surface area contributed by atoms with Crippen molar-refractivity contribution in [2.75, 3.05) is 11.9 Å². The number of halogens is 2. The summed E-state index contributed by atoms with van der Waals surface area (Å²) in [5, 5.41) is 9.50. The zero-order valence-electron chi connectivity index (χ0n) is 10.3. The van der Waals surface area contributed by atoms with Gasteiger partial charge in [0.25, 0.3) is 0 Å². The van der Waals surface area contributed by atoms with Crippen LogP contribution in [0, 0.1) is 11.2 Å². The first-order chi connectivity index (χ1) is 8.99. The first kappa shape index (κ1) is 14.0. The third-order valence-corrected chi connectivity index (χ3v) is 4.37. The molecule has 0 fully saturated rings. The van der Waals surface area contributed by atoms with Gasteiger partial charge in [-0.1, -0.05) is 6.07 Å². The van der Waals surface area contributed by atoms with E-state index in [1.54, 1.807) is 23.5 Å². The van der Waals surface area contributed by atoms with Crippen LogP contribution in [0.5, 0.6) is 0 Å². The Bertz CT molecular complexity index is 612. The molecule has 3 N–H and O–H groups in total. The summed E-state index contributed by atoms with van der Waals surface area (Å²) >= 11 is 5.03. The second-order valence-electron chi connectivity index (χ2n) is 4.13. The van der Waals surface area contributed by atoms with Crippen LogP contribution in [0.25, 0.3) is 0 Å². The number of hydrogen-bond acceptors (Lipinski definition) is 3. The Morgan fingerprint density at radius 3 is 2.84 bits per heavy atom. The number of hydrogen-bond donors (Lipinski definition) is 2. The lowest BCUT2D eigenvalue weighted by atomic mass is 10.1. The topological polar surface area (TPSA) is 53.1 Å². The van der Waals surface area contributed by atoms with E-state index in [4.69, 9.17) is 11.1 Å². The third kappa shape index (κ3) is 3.13. The Hall–Kier alpha value is -1.40. The summed E-state index contributed by atoms with van der Waals surface area (Å²) in [6, 6.07) is 6.73. The third-order valence-electron chi connectivity index (χ3n) is 2.69. The molecule has 3 nitrogen and oxygen atoms in total. The fourth-order valence-corrected chi connectivity index (χ4v) is 3.36. The highest BCUT2D eigenvalue weighted by Crippen LogP contribution is 2.26. The number of benzene rings is 1. The largest absolute Gasteiger partial charge is 0.384 e. The van der Waals surface area contributed by atoms with E-state index in [1.165, 1.54) is 6.07 Å². The molecule has 0 atom stereocenters. The minimum atomic E-state index is -0.468. The number of thiophene rings is 1. The smallest absolute Gasteiger partial charge is 0.136 e. The van der Waals surface area contributed by atoms with Gasteiger partial charge in [-0.05, 0) is 34.1 Å². The number of nitrogens with zero attached hydrogens (tertiary/aromatic N) is 1. The highest BCUT2D eigenvalue weighted by Gasteiger charge is 2.15. The molecule has 2 aromatic rings. The Labute approximate surface area is 123 Å². The highest BCUT2D eigenvalue weighted by atomic mass is 79.9. The molecule has 0 saturated carbocycles. The van der Waals surface area contributed by atoms with Gasteiger partial charge >= 0.3 is 0 Å². The molecule has 1 heterocycles. The molecule has 2 rings (SSSR count). The molecule has 0 aliphatic rings. The average molecular weight is 342 g/mol. The molecule has 0 amide bonds. The van der Waals surface area contributed by atoms with E-state index in [9.17, 15) is 4.39 Å². The normalized spacial score (nSPS) is 10.5. The second-order valence-corrected chi connectivity index (χ2v) is 6.05. The molecule has 6 heteroatoms. The molecule has 0 radical (unpaired) electrons. The number of nitrogens with one attached hydrogen (secondary N) is 1. The van der Waals surface area contributed by atoms with Gasteiger partial charge in [0.05, 0.1) is 17.8 Å². The Morgan fingerprint density at radius 2 is 2.26 bits per heavy atom. The van der Waals surface area contributed by atoms with Crippen LogP contribution in [0.15, 0.2) is 34.1 Å². The Kier molecular flexibility index (Phi) is 4.21. The average Bonchev–Trinajstić information content (AvgIpc) is 2.73. The van der Waals surface area contributed by atoms with Crippen LogP contribution in [-0.2, 0) is 6.54 Å². The zero-order chi connectivity index (χ0) is 14.0. The summed E-state index contributed by atoms with van der Waals surface area (Å²) in [7, 11) is 1.86. The Balaban J connectivity index is 2.31. The first-order valence-electron chi connectivity index (χ1n) is 5.56. The van der Waals surface area contributed by atoms with Crippen LogP contribution in [-0.4, -0.2) is 12.9 Å². The van der Waals surface area contributed by atoms with Crippen molar-refractivity contribution in [3.8, 4) is 0 Å². The van der Waals surface area contributed by atoms with E-state index in [2.05, 4.69) is 15.9 Å². The van der Waals surface area contributed by atoms with Crippen molar-refractivity contribution >= 4 is 38.8 Å². The highest BCUT2D eigenvalue weighted by molar-refractivity contribution is 9.10. The van der Waals surface area contributed by atoms with Crippen LogP contribution in [0.4, 0.5) is 10.1 Å². The van der Waals surface area contributed by atoms with Gasteiger partial charge in [0.15, 0.2) is 0 Å². The van der Waals surface area contributed by atoms with E-state index in [-0.39, 0.29) is 11.4 Å². The zero-order valence-corrected chi connectivity index (χ0v) is 12.7. The van der Waals surface area contributed by atoms with Crippen molar-refractivity contribution in [2.24, 2.45) is 5.73 Å². The van der Waals surface area contributed by atoms with E-state index < -0.39 is 5.82 Å². The van der Waals surface area contributed by atoms with Crippen LogP contribution in [0.2, 0.25) is 0 Å². The van der Waals surface area contributed by atoms with Crippen LogP contribution in [0.1, 0.15) is 10.4 Å². The molecule has 1 aromatic heterocycles. The standard InChI is InChI=1S/C13H13BrFN3S/c1-18(6-9-5-8(14)7-19-9)11-4-2-3-10(15)12(11)13(16)17/h2-5,7H,6H2,1H3,(H3,16,17). The predicted octanol–water partition coefficient (Wildman–Crippen LogP) is 3.57. The predicted molar refractivity (Wildman–Crippen MR) is 81.5 cm³/mol. The summed E-state index contributed by atoms with van der Waals surface area (Å²) in [5.74, 6) is -0.725. The lowest BCUT2D eigenvalue weighted by molar-refractivity contribution is 0.624. The van der Waals surface area contributed by atoms with Crippen molar-refractivity contribution in [1.82, 2.24) is 0 Å². The number of amidine groups is 1. The molecule has 0 aliphatic carbocycles. The maximum absolute atomic E-state index is 13.8. The molecule has 0 unspecified atom stereocenters. The fourth-order valence-electron chi connectivity index (χ4n) is 1.85.